The van der Waals surface area contributed by atoms with Gasteiger partial charge in [0, 0.05) is 28.4 Å². The van der Waals surface area contributed by atoms with Crippen molar-refractivity contribution in [3.05, 3.63) is 33.8 Å². The minimum atomic E-state index is -2.88. The van der Waals surface area contributed by atoms with Crippen molar-refractivity contribution in [3.63, 3.8) is 0 Å². The highest BCUT2D eigenvalue weighted by atomic mass is 35.5. The summed E-state index contributed by atoms with van der Waals surface area (Å²) in [6.45, 7) is 1.16. The second kappa shape index (κ2) is 6.59. The standard InChI is InChI=1S/C11H15Cl2NO2S/c1-17(15,16)7-3-6-14-8-9-10(12)4-2-5-11(9)13/h2,4-5,14H,3,6-8H2,1H3. The summed E-state index contributed by atoms with van der Waals surface area (Å²) in [4.78, 5) is 0. The lowest BCUT2D eigenvalue weighted by atomic mass is 10.2. The number of halogens is 2. The lowest BCUT2D eigenvalue weighted by Gasteiger charge is -2.08. The van der Waals surface area contributed by atoms with E-state index in [0.717, 1.165) is 5.56 Å². The Morgan fingerprint density at radius 1 is 1.24 bits per heavy atom. The van der Waals surface area contributed by atoms with E-state index in [9.17, 15) is 8.42 Å². The zero-order chi connectivity index (χ0) is 12.9. The molecule has 0 atom stereocenters. The molecule has 1 N–H and O–H groups in total. The summed E-state index contributed by atoms with van der Waals surface area (Å²) in [7, 11) is -2.88. The van der Waals surface area contributed by atoms with Crippen LogP contribution in [0.3, 0.4) is 0 Å². The van der Waals surface area contributed by atoms with Crippen molar-refractivity contribution in [2.45, 2.75) is 13.0 Å². The molecule has 0 aliphatic carbocycles. The molecule has 0 radical (unpaired) electrons. The van der Waals surface area contributed by atoms with Crippen molar-refractivity contribution in [1.29, 1.82) is 0 Å². The minimum absolute atomic E-state index is 0.191. The van der Waals surface area contributed by atoms with E-state index in [1.807, 2.05) is 0 Å². The first-order valence-electron chi connectivity index (χ1n) is 5.21. The number of benzene rings is 1. The number of nitrogens with one attached hydrogen (secondary N) is 1. The highest BCUT2D eigenvalue weighted by Gasteiger charge is 2.05. The molecular formula is C11H15Cl2NO2S. The number of hydrogen-bond donors (Lipinski definition) is 1. The molecule has 0 spiro atoms. The zero-order valence-corrected chi connectivity index (χ0v) is 11.9. The van der Waals surface area contributed by atoms with Gasteiger partial charge in [-0.25, -0.2) is 8.42 Å². The predicted octanol–water partition coefficient (Wildman–Crippen LogP) is 2.52. The molecule has 0 unspecified atom stereocenters. The Morgan fingerprint density at radius 2 is 1.82 bits per heavy atom. The second-order valence-electron chi connectivity index (χ2n) is 3.86. The largest absolute Gasteiger partial charge is 0.313 e. The van der Waals surface area contributed by atoms with Crippen LogP contribution in [0.2, 0.25) is 10.0 Å². The van der Waals surface area contributed by atoms with E-state index in [1.54, 1.807) is 18.2 Å². The maximum atomic E-state index is 10.9. The molecule has 3 nitrogen and oxygen atoms in total. The maximum absolute atomic E-state index is 10.9. The fourth-order valence-corrected chi connectivity index (χ4v) is 2.57. The molecule has 6 heteroatoms. The van der Waals surface area contributed by atoms with Crippen molar-refractivity contribution < 1.29 is 8.42 Å². The molecule has 96 valence electrons. The normalized spacial score (nSPS) is 11.7. The van der Waals surface area contributed by atoms with Gasteiger partial charge >= 0.3 is 0 Å². The molecule has 0 heterocycles. The van der Waals surface area contributed by atoms with Crippen LogP contribution >= 0.6 is 23.2 Å². The van der Waals surface area contributed by atoms with Crippen molar-refractivity contribution in [1.82, 2.24) is 5.32 Å². The van der Waals surface area contributed by atoms with E-state index >= 15 is 0 Å². The zero-order valence-electron chi connectivity index (χ0n) is 9.54. The quantitative estimate of drug-likeness (QED) is 0.821. The number of hydrogen-bond acceptors (Lipinski definition) is 3. The van der Waals surface area contributed by atoms with Gasteiger partial charge in [0.1, 0.15) is 9.84 Å². The molecule has 0 aromatic heterocycles. The first-order chi connectivity index (χ1) is 7.90. The van der Waals surface area contributed by atoms with Crippen molar-refractivity contribution >= 4 is 33.0 Å². The summed E-state index contributed by atoms with van der Waals surface area (Å²) in [5.41, 5.74) is 0.843. The topological polar surface area (TPSA) is 46.2 Å². The highest BCUT2D eigenvalue weighted by molar-refractivity contribution is 7.90. The van der Waals surface area contributed by atoms with Crippen molar-refractivity contribution in [3.8, 4) is 0 Å². The van der Waals surface area contributed by atoms with Crippen LogP contribution in [-0.2, 0) is 16.4 Å². The Bertz CT molecular complexity index is 454. The third-order valence-electron chi connectivity index (χ3n) is 2.23. The molecule has 0 saturated heterocycles. The lowest BCUT2D eigenvalue weighted by Crippen LogP contribution is -2.18. The van der Waals surface area contributed by atoms with Crippen LogP contribution in [0.5, 0.6) is 0 Å². The van der Waals surface area contributed by atoms with Gasteiger partial charge in [-0.15, -0.1) is 0 Å². The summed E-state index contributed by atoms with van der Waals surface area (Å²) >= 11 is 12.0. The van der Waals surface area contributed by atoms with E-state index in [-0.39, 0.29) is 5.75 Å². The molecule has 1 aromatic rings. The van der Waals surface area contributed by atoms with Crippen LogP contribution in [0.25, 0.3) is 0 Å². The summed E-state index contributed by atoms with van der Waals surface area (Å²) in [6, 6.07) is 5.35. The third-order valence-corrected chi connectivity index (χ3v) is 3.97. The molecule has 1 rings (SSSR count). The Labute approximate surface area is 112 Å². The Balaban J connectivity index is 2.37. The molecule has 17 heavy (non-hydrogen) atoms. The van der Waals surface area contributed by atoms with Gasteiger partial charge in [-0.3, -0.25) is 0 Å². The maximum Gasteiger partial charge on any atom is 0.147 e. The van der Waals surface area contributed by atoms with Gasteiger partial charge in [0.15, 0.2) is 0 Å². The van der Waals surface area contributed by atoms with Gasteiger partial charge < -0.3 is 5.32 Å². The number of rotatable bonds is 6. The lowest BCUT2D eigenvalue weighted by molar-refractivity contribution is 0.594. The van der Waals surface area contributed by atoms with Crippen LogP contribution in [0.4, 0.5) is 0 Å². The van der Waals surface area contributed by atoms with Crippen LogP contribution < -0.4 is 5.32 Å². The van der Waals surface area contributed by atoms with E-state index in [4.69, 9.17) is 23.2 Å². The third kappa shape index (κ3) is 5.73. The molecule has 0 aliphatic rings. The van der Waals surface area contributed by atoms with Crippen molar-refractivity contribution in [2.75, 3.05) is 18.6 Å². The van der Waals surface area contributed by atoms with Crippen LogP contribution in [0.15, 0.2) is 18.2 Å². The minimum Gasteiger partial charge on any atom is -0.313 e. The Morgan fingerprint density at radius 3 is 2.35 bits per heavy atom. The number of sulfone groups is 1. The SMILES string of the molecule is CS(=O)(=O)CCCNCc1c(Cl)cccc1Cl. The predicted molar refractivity (Wildman–Crippen MR) is 72.5 cm³/mol. The fraction of sp³-hybridized carbons (Fsp3) is 0.455. The van der Waals surface area contributed by atoms with E-state index < -0.39 is 9.84 Å². The fourth-order valence-electron chi connectivity index (χ4n) is 1.37. The molecule has 0 fully saturated rings. The Kier molecular flexibility index (Phi) is 5.73. The Hall–Kier alpha value is -0.290. The molecule has 1 aromatic carbocycles. The average molecular weight is 296 g/mol. The first-order valence-corrected chi connectivity index (χ1v) is 8.03. The summed E-state index contributed by atoms with van der Waals surface area (Å²) < 4.78 is 21.8. The van der Waals surface area contributed by atoms with Gasteiger partial charge in [-0.1, -0.05) is 29.3 Å². The van der Waals surface area contributed by atoms with Gasteiger partial charge in [0.05, 0.1) is 5.75 Å². The second-order valence-corrected chi connectivity index (χ2v) is 6.93. The van der Waals surface area contributed by atoms with Crippen LogP contribution in [0, 0.1) is 0 Å². The first kappa shape index (κ1) is 14.8. The smallest absolute Gasteiger partial charge is 0.147 e. The van der Waals surface area contributed by atoms with Gasteiger partial charge in [0.25, 0.3) is 0 Å². The molecular weight excluding hydrogens is 281 g/mol. The van der Waals surface area contributed by atoms with E-state index in [1.165, 1.54) is 6.26 Å². The van der Waals surface area contributed by atoms with E-state index in [0.29, 0.717) is 29.6 Å². The van der Waals surface area contributed by atoms with Crippen LogP contribution in [0.1, 0.15) is 12.0 Å². The van der Waals surface area contributed by atoms with Crippen molar-refractivity contribution in [2.24, 2.45) is 0 Å². The molecule has 0 saturated carbocycles. The summed E-state index contributed by atoms with van der Waals surface area (Å²) in [5.74, 6) is 0.191. The van der Waals surface area contributed by atoms with Gasteiger partial charge in [0.2, 0.25) is 0 Å². The molecule has 0 bridgehead atoms. The van der Waals surface area contributed by atoms with Gasteiger partial charge in [-0.05, 0) is 25.1 Å². The van der Waals surface area contributed by atoms with Gasteiger partial charge in [-0.2, -0.15) is 0 Å². The highest BCUT2D eigenvalue weighted by Crippen LogP contribution is 2.23. The van der Waals surface area contributed by atoms with Crippen LogP contribution in [-0.4, -0.2) is 27.0 Å². The summed E-state index contributed by atoms with van der Waals surface area (Å²) in [6.07, 6.45) is 1.82. The average Bonchev–Trinajstić information content (AvgIpc) is 2.20. The monoisotopic (exact) mass is 295 g/mol. The molecule has 0 aliphatic heterocycles. The van der Waals surface area contributed by atoms with E-state index in [2.05, 4.69) is 5.32 Å². The molecule has 0 amide bonds. The summed E-state index contributed by atoms with van der Waals surface area (Å²) in [5, 5.41) is 4.36.